The van der Waals surface area contributed by atoms with Gasteiger partial charge in [-0.2, -0.15) is 0 Å². The van der Waals surface area contributed by atoms with Crippen LogP contribution in [0.4, 0.5) is 0 Å². The summed E-state index contributed by atoms with van der Waals surface area (Å²) < 4.78 is 6.45. The Morgan fingerprint density at radius 1 is 0.314 bits per heavy atom. The highest BCUT2D eigenvalue weighted by Gasteiger charge is 2.18. The Labute approximate surface area is 294 Å². The molecule has 0 unspecified atom stereocenters. The van der Waals surface area contributed by atoms with Gasteiger partial charge in [-0.1, -0.05) is 158 Å². The molecule has 0 fully saturated rings. The normalized spacial score (nSPS) is 11.5. The fourth-order valence-corrected chi connectivity index (χ4v) is 7.21. The molecule has 0 radical (unpaired) electrons. The minimum Gasteiger partial charge on any atom is -0.455 e. The van der Waals surface area contributed by atoms with Crippen molar-refractivity contribution in [1.29, 1.82) is 0 Å². The van der Waals surface area contributed by atoms with Gasteiger partial charge in [0.1, 0.15) is 11.2 Å². The molecule has 4 nitrogen and oxygen atoms in total. The van der Waals surface area contributed by atoms with Crippen molar-refractivity contribution < 1.29 is 4.42 Å². The molecule has 4 heteroatoms. The summed E-state index contributed by atoms with van der Waals surface area (Å²) in [6.07, 6.45) is 0. The van der Waals surface area contributed by atoms with E-state index in [1.54, 1.807) is 0 Å². The lowest BCUT2D eigenvalue weighted by molar-refractivity contribution is 0.670. The van der Waals surface area contributed by atoms with E-state index in [9.17, 15) is 0 Å². The second-order valence-corrected chi connectivity index (χ2v) is 12.8. The number of rotatable bonds is 5. The van der Waals surface area contributed by atoms with Crippen molar-refractivity contribution in [3.63, 3.8) is 0 Å². The van der Waals surface area contributed by atoms with Gasteiger partial charge in [0.05, 0.1) is 0 Å². The number of benzene rings is 8. The van der Waals surface area contributed by atoms with E-state index in [2.05, 4.69) is 133 Å². The molecule has 8 aromatic carbocycles. The lowest BCUT2D eigenvalue weighted by Gasteiger charge is -2.13. The number of nitrogens with zero attached hydrogens (tertiary/aromatic N) is 3. The van der Waals surface area contributed by atoms with Crippen molar-refractivity contribution in [3.05, 3.63) is 176 Å². The predicted molar refractivity (Wildman–Crippen MR) is 209 cm³/mol. The van der Waals surface area contributed by atoms with Crippen LogP contribution in [0.2, 0.25) is 0 Å². The minimum absolute atomic E-state index is 0.627. The van der Waals surface area contributed by atoms with Crippen LogP contribution in [0.3, 0.4) is 0 Å². The Morgan fingerprint density at radius 2 is 0.882 bits per heavy atom. The Morgan fingerprint density at radius 3 is 1.69 bits per heavy atom. The fraction of sp³-hybridized carbons (Fsp3) is 0. The summed E-state index contributed by atoms with van der Waals surface area (Å²) in [7, 11) is 0. The number of fused-ring (bicyclic) bond motifs is 5. The maximum absolute atomic E-state index is 6.45. The summed E-state index contributed by atoms with van der Waals surface area (Å²) in [5, 5.41) is 6.85. The highest BCUT2D eigenvalue weighted by molar-refractivity contribution is 6.13. The van der Waals surface area contributed by atoms with Crippen LogP contribution in [0.1, 0.15) is 0 Å². The van der Waals surface area contributed by atoms with Crippen molar-refractivity contribution >= 4 is 43.5 Å². The van der Waals surface area contributed by atoms with Crippen molar-refractivity contribution in [2.45, 2.75) is 0 Å². The molecule has 0 spiro atoms. The molecule has 0 N–H and O–H groups in total. The smallest absolute Gasteiger partial charge is 0.164 e. The number of hydrogen-bond donors (Lipinski definition) is 0. The number of aromatic nitrogens is 3. The molecule has 51 heavy (non-hydrogen) atoms. The minimum atomic E-state index is 0.627. The molecule has 2 aromatic heterocycles. The molecule has 0 bridgehead atoms. The zero-order chi connectivity index (χ0) is 33.7. The highest BCUT2D eigenvalue weighted by Crippen LogP contribution is 2.41. The molecule has 10 aromatic rings. The molecule has 0 saturated carbocycles. The third-order valence-electron chi connectivity index (χ3n) is 9.75. The summed E-state index contributed by atoms with van der Waals surface area (Å²) >= 11 is 0. The van der Waals surface area contributed by atoms with E-state index in [4.69, 9.17) is 19.4 Å². The van der Waals surface area contributed by atoms with Gasteiger partial charge in [0.2, 0.25) is 0 Å². The van der Waals surface area contributed by atoms with Crippen LogP contribution in [0.15, 0.2) is 180 Å². The first-order chi connectivity index (χ1) is 25.3. The van der Waals surface area contributed by atoms with Crippen LogP contribution in [-0.4, -0.2) is 15.0 Å². The van der Waals surface area contributed by atoms with Gasteiger partial charge in [-0.25, -0.2) is 15.0 Å². The molecule has 0 atom stereocenters. The monoisotopic (exact) mass is 651 g/mol. The summed E-state index contributed by atoms with van der Waals surface area (Å²) in [4.78, 5) is 15.2. The summed E-state index contributed by atoms with van der Waals surface area (Å²) in [6, 6.07) is 61.0. The quantitative estimate of drug-likeness (QED) is 0.186. The van der Waals surface area contributed by atoms with E-state index in [1.807, 2.05) is 42.5 Å². The second kappa shape index (κ2) is 11.9. The van der Waals surface area contributed by atoms with Gasteiger partial charge in [0, 0.05) is 33.0 Å². The average Bonchev–Trinajstić information content (AvgIpc) is 3.60. The first kappa shape index (κ1) is 29.0. The third-order valence-corrected chi connectivity index (χ3v) is 9.75. The lowest BCUT2D eigenvalue weighted by Crippen LogP contribution is -2.00. The van der Waals surface area contributed by atoms with Crippen molar-refractivity contribution in [2.75, 3.05) is 0 Å². The zero-order valence-electron chi connectivity index (χ0n) is 27.5. The lowest BCUT2D eigenvalue weighted by atomic mass is 9.93. The van der Waals surface area contributed by atoms with Crippen molar-refractivity contribution in [1.82, 2.24) is 15.0 Å². The van der Waals surface area contributed by atoms with E-state index >= 15 is 0 Å². The van der Waals surface area contributed by atoms with E-state index in [0.29, 0.717) is 17.5 Å². The topological polar surface area (TPSA) is 51.8 Å². The van der Waals surface area contributed by atoms with Crippen LogP contribution in [0.5, 0.6) is 0 Å². The van der Waals surface area contributed by atoms with Crippen LogP contribution >= 0.6 is 0 Å². The van der Waals surface area contributed by atoms with Gasteiger partial charge in [-0.15, -0.1) is 0 Å². The summed E-state index contributed by atoms with van der Waals surface area (Å²) in [6.45, 7) is 0. The highest BCUT2D eigenvalue weighted by atomic mass is 16.3. The summed E-state index contributed by atoms with van der Waals surface area (Å²) in [5.41, 5.74) is 9.05. The molecule has 238 valence electrons. The van der Waals surface area contributed by atoms with Crippen LogP contribution in [-0.2, 0) is 0 Å². The molecule has 0 aliphatic rings. The molecule has 10 rings (SSSR count). The Kier molecular flexibility index (Phi) is 6.78. The predicted octanol–water partition coefficient (Wildman–Crippen LogP) is 12.4. The zero-order valence-corrected chi connectivity index (χ0v) is 27.5. The molecule has 0 saturated heterocycles. The molecule has 0 aliphatic heterocycles. The van der Waals surface area contributed by atoms with E-state index < -0.39 is 0 Å². The number of para-hydroxylation sites is 2. The first-order valence-corrected chi connectivity index (χ1v) is 17.1. The molecule has 0 amide bonds. The van der Waals surface area contributed by atoms with Gasteiger partial charge in [-0.05, 0) is 56.4 Å². The van der Waals surface area contributed by atoms with Gasteiger partial charge in [0.15, 0.2) is 17.5 Å². The van der Waals surface area contributed by atoms with Gasteiger partial charge in [0.25, 0.3) is 0 Å². The van der Waals surface area contributed by atoms with Crippen LogP contribution in [0.25, 0.3) is 99.9 Å². The first-order valence-electron chi connectivity index (χ1n) is 17.1. The van der Waals surface area contributed by atoms with E-state index in [0.717, 1.165) is 66.1 Å². The molecular formula is C47H29N3O. The standard InChI is InChI=1S/C47H29N3O/c1-2-12-32(13-3-1)45-48-46(33-24-21-31(22-25-33)35-26-23-30-11-4-5-14-34(30)29-35)50-47(49-45)42-28-27-38(36-15-6-7-16-37(36)42)40-18-10-19-41-39-17-8-9-20-43(39)51-44(40)41/h1-29H. The van der Waals surface area contributed by atoms with Gasteiger partial charge < -0.3 is 4.42 Å². The van der Waals surface area contributed by atoms with E-state index in [1.165, 1.54) is 16.3 Å². The molecule has 2 heterocycles. The van der Waals surface area contributed by atoms with Crippen LogP contribution in [0, 0.1) is 0 Å². The van der Waals surface area contributed by atoms with Gasteiger partial charge >= 0.3 is 0 Å². The summed E-state index contributed by atoms with van der Waals surface area (Å²) in [5.74, 6) is 1.89. The Hall–Kier alpha value is -6.91. The largest absolute Gasteiger partial charge is 0.455 e. The fourth-order valence-electron chi connectivity index (χ4n) is 7.21. The number of furan rings is 1. The van der Waals surface area contributed by atoms with Crippen molar-refractivity contribution in [2.24, 2.45) is 0 Å². The second-order valence-electron chi connectivity index (χ2n) is 12.8. The van der Waals surface area contributed by atoms with Crippen LogP contribution < -0.4 is 0 Å². The average molecular weight is 652 g/mol. The molecular weight excluding hydrogens is 623 g/mol. The maximum atomic E-state index is 6.45. The van der Waals surface area contributed by atoms with Crippen molar-refractivity contribution in [3.8, 4) is 56.4 Å². The Balaban J connectivity index is 1.11. The van der Waals surface area contributed by atoms with E-state index in [-0.39, 0.29) is 0 Å². The van der Waals surface area contributed by atoms with Gasteiger partial charge in [-0.3, -0.25) is 0 Å². The SMILES string of the molecule is c1ccc(-c2nc(-c3ccc(-c4ccc5ccccc5c4)cc3)nc(-c3ccc(-c4cccc5c4oc4ccccc45)c4ccccc34)n2)cc1. The maximum Gasteiger partial charge on any atom is 0.164 e. The molecule has 0 aliphatic carbocycles. The number of hydrogen-bond acceptors (Lipinski definition) is 4. The Bertz CT molecular complexity index is 2910. The third kappa shape index (κ3) is 5.04.